The number of hydrogen-bond donors (Lipinski definition) is 2. The molecule has 1 aliphatic heterocycles. The second kappa shape index (κ2) is 9.21. The number of esters is 2. The molecule has 0 spiro atoms. The number of nitrogens with one attached hydrogen (secondary N) is 1. The van der Waals surface area contributed by atoms with Crippen molar-refractivity contribution in [3.8, 4) is 5.75 Å². The molecule has 0 radical (unpaired) electrons. The maximum Gasteiger partial charge on any atom is 0.547 e. The fourth-order valence-corrected chi connectivity index (χ4v) is 2.79. The van der Waals surface area contributed by atoms with Gasteiger partial charge in [-0.1, -0.05) is 12.1 Å². The van der Waals surface area contributed by atoms with Crippen molar-refractivity contribution in [1.82, 2.24) is 5.32 Å². The number of carbonyl (C=O) groups is 3. The molecule has 1 aliphatic rings. The van der Waals surface area contributed by atoms with Gasteiger partial charge in [0.15, 0.2) is 0 Å². The van der Waals surface area contributed by atoms with Gasteiger partial charge in [0.25, 0.3) is 0 Å². The van der Waals surface area contributed by atoms with Crippen molar-refractivity contribution in [2.24, 2.45) is 0 Å². The number of carbonyl (C=O) groups excluding carboxylic acids is 3. The molecular formula is C18H22BF2NO7. The number of fused-ring (bicyclic) bond motifs is 1. The van der Waals surface area contributed by atoms with Gasteiger partial charge in [0.1, 0.15) is 11.3 Å². The molecule has 2 rings (SSSR count). The summed E-state index contributed by atoms with van der Waals surface area (Å²) >= 11 is 0. The highest BCUT2D eigenvalue weighted by molar-refractivity contribution is 6.47. The van der Waals surface area contributed by atoms with E-state index < -0.39 is 56.0 Å². The van der Waals surface area contributed by atoms with Gasteiger partial charge in [-0.2, -0.15) is 0 Å². The summed E-state index contributed by atoms with van der Waals surface area (Å²) in [4.78, 5) is 35.1. The lowest BCUT2D eigenvalue weighted by molar-refractivity contribution is -0.162. The van der Waals surface area contributed by atoms with Crippen LogP contribution in [0, 0.1) is 0 Å². The molecule has 1 aromatic rings. The van der Waals surface area contributed by atoms with Gasteiger partial charge in [0, 0.05) is 26.7 Å². The average Bonchev–Trinajstić information content (AvgIpc) is 2.58. The summed E-state index contributed by atoms with van der Waals surface area (Å²) in [6.07, 6.45) is -2.02. The Hall–Kier alpha value is -2.69. The van der Waals surface area contributed by atoms with E-state index in [1.165, 1.54) is 19.9 Å². The van der Waals surface area contributed by atoms with Crippen LogP contribution >= 0.6 is 0 Å². The molecule has 0 fully saturated rings. The minimum Gasteiger partial charge on any atom is -0.534 e. The van der Waals surface area contributed by atoms with Gasteiger partial charge >= 0.3 is 19.1 Å². The van der Waals surface area contributed by atoms with Gasteiger partial charge in [0.2, 0.25) is 18.1 Å². The SMILES string of the molecule is CC(=O)OC(C)OC(=O)c1cccc2c1OB(O)[C@@H](NC(=O)CCC(C)(F)F)C2. The Bertz CT molecular complexity index is 784. The third-order valence-electron chi connectivity index (χ3n) is 4.08. The van der Waals surface area contributed by atoms with Gasteiger partial charge in [-0.3, -0.25) is 9.59 Å². The smallest absolute Gasteiger partial charge is 0.534 e. The van der Waals surface area contributed by atoms with Crippen LogP contribution < -0.4 is 9.97 Å². The van der Waals surface area contributed by atoms with E-state index in [-0.39, 0.29) is 17.7 Å². The summed E-state index contributed by atoms with van der Waals surface area (Å²) in [5.41, 5.74) is 0.520. The molecule has 0 saturated carbocycles. The van der Waals surface area contributed by atoms with Crippen molar-refractivity contribution in [3.63, 3.8) is 0 Å². The standard InChI is InChI=1S/C18H22BF2NO7/c1-10(23)27-11(2)28-17(25)13-6-4-5-12-9-14(19(26)29-16(12)13)22-15(24)7-8-18(3,20)21/h4-6,11,14,26H,7-9H2,1-3H3,(H,22,24)/t11?,14-/m0/s1. The van der Waals surface area contributed by atoms with Crippen molar-refractivity contribution < 1.29 is 42.3 Å². The van der Waals surface area contributed by atoms with Crippen LogP contribution in [0.2, 0.25) is 0 Å². The molecule has 29 heavy (non-hydrogen) atoms. The number of halogens is 2. The molecule has 11 heteroatoms. The van der Waals surface area contributed by atoms with Gasteiger partial charge in [-0.25, -0.2) is 13.6 Å². The summed E-state index contributed by atoms with van der Waals surface area (Å²) in [5.74, 6) is -5.85. The Morgan fingerprint density at radius 1 is 1.38 bits per heavy atom. The molecular weight excluding hydrogens is 391 g/mol. The first-order valence-corrected chi connectivity index (χ1v) is 8.98. The maximum atomic E-state index is 12.9. The number of ether oxygens (including phenoxy) is 2. The molecule has 0 aromatic heterocycles. The summed E-state index contributed by atoms with van der Waals surface area (Å²) in [7, 11) is -1.49. The molecule has 0 bridgehead atoms. The van der Waals surface area contributed by atoms with Crippen LogP contribution in [0.5, 0.6) is 5.75 Å². The van der Waals surface area contributed by atoms with E-state index >= 15 is 0 Å². The molecule has 1 amide bonds. The molecule has 0 saturated heterocycles. The second-order valence-electron chi connectivity index (χ2n) is 6.83. The van der Waals surface area contributed by atoms with Crippen LogP contribution in [-0.2, 0) is 25.5 Å². The van der Waals surface area contributed by atoms with Gasteiger partial charge in [-0.05, 0) is 25.0 Å². The molecule has 8 nitrogen and oxygen atoms in total. The fourth-order valence-electron chi connectivity index (χ4n) is 2.79. The summed E-state index contributed by atoms with van der Waals surface area (Å²) in [5, 5.41) is 12.7. The first kappa shape index (κ1) is 22.6. The zero-order chi connectivity index (χ0) is 21.8. The Morgan fingerprint density at radius 3 is 2.69 bits per heavy atom. The highest BCUT2D eigenvalue weighted by atomic mass is 19.3. The zero-order valence-electron chi connectivity index (χ0n) is 16.2. The van der Waals surface area contributed by atoms with Crippen molar-refractivity contribution in [1.29, 1.82) is 0 Å². The van der Waals surface area contributed by atoms with Crippen LogP contribution in [0.3, 0.4) is 0 Å². The Balaban J connectivity index is 2.07. The molecule has 2 N–H and O–H groups in total. The van der Waals surface area contributed by atoms with Crippen molar-refractivity contribution in [2.75, 3.05) is 0 Å². The van der Waals surface area contributed by atoms with Crippen LogP contribution in [0.15, 0.2) is 18.2 Å². The molecule has 1 aromatic carbocycles. The first-order chi connectivity index (χ1) is 13.5. The average molecular weight is 413 g/mol. The van der Waals surface area contributed by atoms with Crippen LogP contribution in [-0.4, -0.2) is 48.1 Å². The minimum absolute atomic E-state index is 0.0101. The molecule has 0 aliphatic carbocycles. The number of hydrogen-bond acceptors (Lipinski definition) is 7. The van der Waals surface area contributed by atoms with E-state index in [0.717, 1.165) is 6.92 Å². The van der Waals surface area contributed by atoms with Gasteiger partial charge in [0.05, 0.1) is 5.94 Å². The second-order valence-corrected chi connectivity index (χ2v) is 6.83. The normalized spacial score (nSPS) is 16.9. The quantitative estimate of drug-likeness (QED) is 0.397. The van der Waals surface area contributed by atoms with Crippen molar-refractivity contribution >= 4 is 25.0 Å². The number of alkyl halides is 2. The van der Waals surface area contributed by atoms with Gasteiger partial charge < -0.3 is 24.5 Å². The fraction of sp³-hybridized carbons (Fsp3) is 0.500. The predicted molar refractivity (Wildman–Crippen MR) is 97.2 cm³/mol. The first-order valence-electron chi connectivity index (χ1n) is 8.98. The lowest BCUT2D eigenvalue weighted by Crippen LogP contribution is -2.53. The number of benzene rings is 1. The Kier molecular flexibility index (Phi) is 7.18. The molecule has 1 unspecified atom stereocenters. The maximum absolute atomic E-state index is 12.9. The molecule has 158 valence electrons. The minimum atomic E-state index is -2.97. The predicted octanol–water partition coefficient (Wildman–Crippen LogP) is 1.63. The lowest BCUT2D eigenvalue weighted by Gasteiger charge is -2.29. The monoisotopic (exact) mass is 413 g/mol. The number of para-hydroxylation sites is 1. The summed E-state index contributed by atoms with van der Waals surface area (Å²) in [6.45, 7) is 3.26. The number of amides is 1. The van der Waals surface area contributed by atoms with Crippen molar-refractivity contribution in [3.05, 3.63) is 29.3 Å². The van der Waals surface area contributed by atoms with E-state index in [1.807, 2.05) is 0 Å². The zero-order valence-corrected chi connectivity index (χ0v) is 16.2. The third kappa shape index (κ3) is 6.70. The van der Waals surface area contributed by atoms with E-state index in [0.29, 0.717) is 5.56 Å². The highest BCUT2D eigenvalue weighted by Crippen LogP contribution is 2.31. The third-order valence-corrected chi connectivity index (χ3v) is 4.08. The van der Waals surface area contributed by atoms with E-state index in [2.05, 4.69) is 5.32 Å². The van der Waals surface area contributed by atoms with E-state index in [9.17, 15) is 28.2 Å². The number of rotatable bonds is 7. The van der Waals surface area contributed by atoms with Crippen molar-refractivity contribution in [2.45, 2.75) is 58.2 Å². The summed E-state index contributed by atoms with van der Waals surface area (Å²) < 4.78 is 40.9. The molecule has 2 atom stereocenters. The van der Waals surface area contributed by atoms with Crippen LogP contribution in [0.4, 0.5) is 8.78 Å². The highest BCUT2D eigenvalue weighted by Gasteiger charge is 2.38. The topological polar surface area (TPSA) is 111 Å². The van der Waals surface area contributed by atoms with Crippen LogP contribution in [0.25, 0.3) is 0 Å². The lowest BCUT2D eigenvalue weighted by atomic mass is 9.72. The van der Waals surface area contributed by atoms with Crippen LogP contribution in [0.1, 0.15) is 49.5 Å². The van der Waals surface area contributed by atoms with E-state index in [4.69, 9.17) is 14.1 Å². The summed E-state index contributed by atoms with van der Waals surface area (Å²) in [6, 6.07) is 4.60. The largest absolute Gasteiger partial charge is 0.547 e. The van der Waals surface area contributed by atoms with Gasteiger partial charge in [-0.15, -0.1) is 0 Å². The van der Waals surface area contributed by atoms with E-state index in [1.54, 1.807) is 12.1 Å². The Morgan fingerprint density at radius 2 is 2.07 bits per heavy atom. The molecule has 1 heterocycles. The Labute approximate surface area is 166 Å².